The molecule has 2 aliphatic rings. The molecule has 22 heavy (non-hydrogen) atoms. The molecule has 2 bridgehead atoms. The van der Waals surface area contributed by atoms with Crippen molar-refractivity contribution in [1.82, 2.24) is 0 Å². The summed E-state index contributed by atoms with van der Waals surface area (Å²) in [7, 11) is -0.689. The molecule has 1 aromatic carbocycles. The van der Waals surface area contributed by atoms with Gasteiger partial charge in [0.1, 0.15) is 0 Å². The molecule has 0 radical (unpaired) electrons. The van der Waals surface area contributed by atoms with Crippen LogP contribution in [0.5, 0.6) is 0 Å². The lowest BCUT2D eigenvalue weighted by Gasteiger charge is -2.37. The van der Waals surface area contributed by atoms with E-state index in [4.69, 9.17) is 0 Å². The quantitative estimate of drug-likeness (QED) is 0.759. The molecule has 0 aromatic heterocycles. The second kappa shape index (κ2) is 7.08. The van der Waals surface area contributed by atoms with Crippen molar-refractivity contribution in [2.24, 2.45) is 5.92 Å². The fourth-order valence-electron chi connectivity index (χ4n) is 3.90. The summed E-state index contributed by atoms with van der Waals surface area (Å²) in [6.45, 7) is 2.20. The molecule has 2 fully saturated rings. The van der Waals surface area contributed by atoms with E-state index in [-0.39, 0.29) is 22.2 Å². The maximum absolute atomic E-state index is 12.8. The maximum atomic E-state index is 12.8. The summed E-state index contributed by atoms with van der Waals surface area (Å²) in [5, 5.41) is 0.538. The monoisotopic (exact) mass is 318 g/mol. The van der Waals surface area contributed by atoms with Crippen molar-refractivity contribution in [2.45, 2.75) is 68.8 Å². The first-order chi connectivity index (χ1) is 10.7. The number of carbonyl (C=O) groups excluding carboxylic acids is 1. The molecule has 3 heteroatoms. The predicted octanol–water partition coefficient (Wildman–Crippen LogP) is 4.29. The van der Waals surface area contributed by atoms with Crippen molar-refractivity contribution in [2.75, 3.05) is 0 Å². The Bertz CT molecular complexity index is 533. The van der Waals surface area contributed by atoms with Crippen molar-refractivity contribution in [3.05, 3.63) is 35.4 Å². The molecular formula is C19H26O2S. The average molecular weight is 318 g/mol. The number of rotatable bonds is 5. The number of hydrogen-bond donors (Lipinski definition) is 0. The van der Waals surface area contributed by atoms with E-state index in [9.17, 15) is 9.00 Å². The molecule has 2 atom stereocenters. The fraction of sp³-hybridized carbons (Fsp3) is 0.632. The molecular weight excluding hydrogens is 292 g/mol. The van der Waals surface area contributed by atoms with Gasteiger partial charge in [-0.15, -0.1) is 0 Å². The van der Waals surface area contributed by atoms with Crippen LogP contribution in [0.1, 0.15) is 67.8 Å². The fourth-order valence-corrected chi connectivity index (χ4v) is 6.09. The highest BCUT2D eigenvalue weighted by molar-refractivity contribution is 7.86. The molecule has 1 aromatic rings. The Balaban J connectivity index is 1.67. The topological polar surface area (TPSA) is 34.1 Å². The van der Waals surface area contributed by atoms with Gasteiger partial charge in [0.15, 0.2) is 5.78 Å². The Hall–Kier alpha value is -0.960. The second-order valence-electron chi connectivity index (χ2n) is 6.84. The highest BCUT2D eigenvalue weighted by Crippen LogP contribution is 2.38. The lowest BCUT2D eigenvalue weighted by molar-refractivity contribution is 0.0895. The van der Waals surface area contributed by atoms with Crippen LogP contribution in [0.15, 0.2) is 24.3 Å². The zero-order valence-electron chi connectivity index (χ0n) is 13.4. The molecule has 0 aliphatic carbocycles. The van der Waals surface area contributed by atoms with Crippen molar-refractivity contribution in [1.29, 1.82) is 0 Å². The minimum Gasteiger partial charge on any atom is -0.294 e. The first-order valence-electron chi connectivity index (χ1n) is 8.71. The van der Waals surface area contributed by atoms with Gasteiger partial charge in [-0.1, -0.05) is 44.0 Å². The van der Waals surface area contributed by atoms with E-state index < -0.39 is 10.8 Å². The highest BCUT2D eigenvalue weighted by atomic mass is 32.2. The van der Waals surface area contributed by atoms with Crippen molar-refractivity contribution < 1.29 is 9.00 Å². The Labute approximate surface area is 136 Å². The molecule has 2 aliphatic heterocycles. The zero-order valence-corrected chi connectivity index (χ0v) is 14.2. The minimum absolute atomic E-state index is 0.0921. The average Bonchev–Trinajstić information content (AvgIpc) is 2.52. The maximum Gasteiger partial charge on any atom is 0.166 e. The predicted molar refractivity (Wildman–Crippen MR) is 91.7 cm³/mol. The molecule has 2 nitrogen and oxygen atoms in total. The second-order valence-corrected chi connectivity index (χ2v) is 8.83. The van der Waals surface area contributed by atoms with Crippen molar-refractivity contribution in [3.63, 3.8) is 0 Å². The van der Waals surface area contributed by atoms with Gasteiger partial charge in [0.05, 0.1) is 0 Å². The van der Waals surface area contributed by atoms with Gasteiger partial charge in [-0.25, -0.2) is 0 Å². The Morgan fingerprint density at radius 1 is 1.14 bits per heavy atom. The molecule has 0 saturated carbocycles. The summed E-state index contributed by atoms with van der Waals surface area (Å²) in [6.07, 6.45) is 8.43. The zero-order chi connectivity index (χ0) is 15.5. The largest absolute Gasteiger partial charge is 0.294 e. The molecule has 120 valence electrons. The van der Waals surface area contributed by atoms with E-state index in [1.54, 1.807) is 0 Å². The van der Waals surface area contributed by atoms with Gasteiger partial charge in [0, 0.05) is 32.8 Å². The first-order valence-corrected chi connectivity index (χ1v) is 9.99. The lowest BCUT2D eigenvalue weighted by atomic mass is 9.84. The Morgan fingerprint density at radius 2 is 1.77 bits per heavy atom. The number of benzene rings is 1. The molecule has 0 amide bonds. The van der Waals surface area contributed by atoms with Crippen molar-refractivity contribution >= 4 is 16.6 Å². The van der Waals surface area contributed by atoms with Gasteiger partial charge < -0.3 is 0 Å². The van der Waals surface area contributed by atoms with E-state index in [2.05, 4.69) is 19.1 Å². The summed E-state index contributed by atoms with van der Waals surface area (Å²) < 4.78 is 12.3. The number of aryl methyl sites for hydroxylation is 1. The molecule has 3 rings (SSSR count). The van der Waals surface area contributed by atoms with Crippen LogP contribution in [0.2, 0.25) is 0 Å². The summed E-state index contributed by atoms with van der Waals surface area (Å²) in [6, 6.07) is 8.19. The lowest BCUT2D eigenvalue weighted by Crippen LogP contribution is -2.41. The number of unbranched alkanes of at least 4 members (excludes halogenated alkanes) is 1. The highest BCUT2D eigenvalue weighted by Gasteiger charge is 2.40. The van der Waals surface area contributed by atoms with Crippen LogP contribution in [-0.2, 0) is 17.2 Å². The van der Waals surface area contributed by atoms with E-state index in [1.165, 1.54) is 24.8 Å². The summed E-state index contributed by atoms with van der Waals surface area (Å²) in [4.78, 5) is 12.8. The Morgan fingerprint density at radius 3 is 2.36 bits per heavy atom. The molecule has 0 N–H and O–H groups in total. The van der Waals surface area contributed by atoms with Gasteiger partial charge in [0.2, 0.25) is 0 Å². The summed E-state index contributed by atoms with van der Waals surface area (Å²) in [5.74, 6) is 0.366. The smallest absolute Gasteiger partial charge is 0.166 e. The van der Waals surface area contributed by atoms with E-state index in [0.717, 1.165) is 37.7 Å². The molecule has 2 heterocycles. The van der Waals surface area contributed by atoms with Gasteiger partial charge in [-0.05, 0) is 44.1 Å². The van der Waals surface area contributed by atoms with Gasteiger partial charge in [-0.3, -0.25) is 9.00 Å². The Kier molecular flexibility index (Phi) is 5.12. The number of Topliss-reactive ketones (excluding diaryl/α,β-unsaturated/α-hetero) is 1. The van der Waals surface area contributed by atoms with Crippen LogP contribution in [-0.4, -0.2) is 20.5 Å². The normalized spacial score (nSPS) is 31.0. The minimum atomic E-state index is -0.689. The number of carbonyl (C=O) groups is 1. The number of fused-ring (bicyclic) bond motifs is 2. The number of ketones is 1. The summed E-state index contributed by atoms with van der Waals surface area (Å²) in [5.41, 5.74) is 2.16. The summed E-state index contributed by atoms with van der Waals surface area (Å²) >= 11 is 0. The van der Waals surface area contributed by atoms with E-state index in [0.29, 0.717) is 0 Å². The standard InChI is InChI=1S/C19H26O2S/c1-2-3-5-14-8-10-15(11-9-14)19(20)16-12-17-6-4-7-18(13-16)22(17)21/h8-11,16-18H,2-7,12-13H2,1H3. The van der Waals surface area contributed by atoms with Crippen molar-refractivity contribution in [3.8, 4) is 0 Å². The van der Waals surface area contributed by atoms with E-state index in [1.807, 2.05) is 12.1 Å². The van der Waals surface area contributed by atoms with Crippen LogP contribution in [0.3, 0.4) is 0 Å². The van der Waals surface area contributed by atoms with Crippen LogP contribution in [0.25, 0.3) is 0 Å². The molecule has 0 spiro atoms. The van der Waals surface area contributed by atoms with Gasteiger partial charge in [-0.2, -0.15) is 0 Å². The van der Waals surface area contributed by atoms with Crippen LogP contribution in [0.4, 0.5) is 0 Å². The van der Waals surface area contributed by atoms with Gasteiger partial charge in [0.25, 0.3) is 0 Å². The van der Waals surface area contributed by atoms with Crippen LogP contribution < -0.4 is 0 Å². The van der Waals surface area contributed by atoms with Gasteiger partial charge >= 0.3 is 0 Å². The third kappa shape index (κ3) is 3.34. The number of hydrogen-bond acceptors (Lipinski definition) is 2. The van der Waals surface area contributed by atoms with E-state index >= 15 is 0 Å². The third-order valence-electron chi connectivity index (χ3n) is 5.23. The van der Waals surface area contributed by atoms with Crippen LogP contribution >= 0.6 is 0 Å². The SMILES string of the molecule is CCCCc1ccc(C(=O)C2CC3CCCC(C2)S3=O)cc1. The first kappa shape index (κ1) is 15.9. The third-order valence-corrected chi connectivity index (χ3v) is 7.40. The molecule has 2 saturated heterocycles. The molecule has 2 unspecified atom stereocenters. The van der Waals surface area contributed by atoms with Crippen LogP contribution in [0, 0.1) is 5.92 Å².